The van der Waals surface area contributed by atoms with Crippen LogP contribution in [-0.2, 0) is 4.79 Å². The minimum absolute atomic E-state index is 0.197. The second-order valence-corrected chi connectivity index (χ2v) is 5.63. The normalized spacial score (nSPS) is 20.5. The molecule has 0 saturated carbocycles. The van der Waals surface area contributed by atoms with Gasteiger partial charge in [0.05, 0.1) is 6.54 Å². The third-order valence-corrected chi connectivity index (χ3v) is 3.82. The zero-order chi connectivity index (χ0) is 12.4. The first kappa shape index (κ1) is 12.4. The second kappa shape index (κ2) is 5.08. The summed E-state index contributed by atoms with van der Waals surface area (Å²) in [5.74, 6) is 0. The highest BCUT2D eigenvalue weighted by molar-refractivity contribution is 9.09. The van der Waals surface area contributed by atoms with E-state index >= 15 is 0 Å². The van der Waals surface area contributed by atoms with E-state index in [1.165, 1.54) is 16.8 Å². The van der Waals surface area contributed by atoms with E-state index < -0.39 is 0 Å². The second-order valence-electron chi connectivity index (χ2n) is 4.57. The van der Waals surface area contributed by atoms with Gasteiger partial charge in [-0.3, -0.25) is 4.79 Å². The number of aryl methyl sites for hydroxylation is 2. The first-order chi connectivity index (χ1) is 8.10. The van der Waals surface area contributed by atoms with Gasteiger partial charge in [-0.05, 0) is 37.1 Å². The van der Waals surface area contributed by atoms with E-state index in [1.807, 2.05) is 0 Å². The molecule has 3 nitrogen and oxygen atoms in total. The Labute approximate surface area is 111 Å². The van der Waals surface area contributed by atoms with Crippen molar-refractivity contribution in [1.29, 1.82) is 0 Å². The Morgan fingerprint density at radius 2 is 1.88 bits per heavy atom. The summed E-state index contributed by atoms with van der Waals surface area (Å²) in [6.07, 6.45) is 0.924. The third kappa shape index (κ3) is 2.80. The Morgan fingerprint density at radius 3 is 2.41 bits per heavy atom. The highest BCUT2D eigenvalue weighted by Gasteiger charge is 2.24. The quantitative estimate of drug-likeness (QED) is 0.475. The predicted octanol–water partition coefficient (Wildman–Crippen LogP) is 2.30. The molecule has 92 valence electrons. The van der Waals surface area contributed by atoms with Crippen LogP contribution < -0.4 is 4.90 Å². The van der Waals surface area contributed by atoms with E-state index in [0.29, 0.717) is 0 Å². The molecule has 1 aliphatic heterocycles. The third-order valence-electron chi connectivity index (χ3n) is 3.04. The summed E-state index contributed by atoms with van der Waals surface area (Å²) < 4.78 is 0. The van der Waals surface area contributed by atoms with Crippen molar-refractivity contribution in [2.24, 2.45) is 0 Å². The first-order valence-corrected chi connectivity index (χ1v) is 6.70. The van der Waals surface area contributed by atoms with E-state index in [1.54, 1.807) is 4.90 Å². The summed E-state index contributed by atoms with van der Waals surface area (Å²) in [5.41, 5.74) is 3.78. The van der Waals surface area contributed by atoms with Gasteiger partial charge in [0.15, 0.2) is 0 Å². The van der Waals surface area contributed by atoms with Crippen LogP contribution in [0.1, 0.15) is 11.1 Å². The molecule has 1 saturated heterocycles. The highest BCUT2D eigenvalue weighted by Crippen LogP contribution is 2.25. The molecular weight excluding hydrogens is 280 g/mol. The molecule has 1 fully saturated rings. The molecular formula is C13H17BrN2O. The molecule has 1 amide bonds. The Bertz CT molecular complexity index is 402. The number of piperazine rings is 1. The van der Waals surface area contributed by atoms with Gasteiger partial charge in [-0.25, -0.2) is 0 Å². The van der Waals surface area contributed by atoms with Crippen LogP contribution in [0.15, 0.2) is 18.2 Å². The number of halogens is 1. The number of amides is 1. The average molecular weight is 297 g/mol. The molecule has 0 aromatic heterocycles. The SMILES string of the molecule is Cc1cc(C)cc(N2CCN(C=O)CC2Br)c1. The monoisotopic (exact) mass is 296 g/mol. The van der Waals surface area contributed by atoms with Crippen molar-refractivity contribution in [3.05, 3.63) is 29.3 Å². The van der Waals surface area contributed by atoms with Gasteiger partial charge in [0.2, 0.25) is 6.41 Å². The van der Waals surface area contributed by atoms with Crippen molar-refractivity contribution >= 4 is 28.0 Å². The van der Waals surface area contributed by atoms with Crippen LogP contribution in [0.5, 0.6) is 0 Å². The van der Waals surface area contributed by atoms with Crippen molar-refractivity contribution < 1.29 is 4.79 Å². The average Bonchev–Trinajstić information content (AvgIpc) is 2.27. The lowest BCUT2D eigenvalue weighted by atomic mass is 10.1. The molecule has 0 bridgehead atoms. The fraction of sp³-hybridized carbons (Fsp3) is 0.462. The number of carbonyl (C=O) groups excluding carboxylic acids is 1. The summed E-state index contributed by atoms with van der Waals surface area (Å²) in [7, 11) is 0. The molecule has 1 aromatic rings. The molecule has 1 aliphatic rings. The summed E-state index contributed by atoms with van der Waals surface area (Å²) in [4.78, 5) is 15.1. The van der Waals surface area contributed by atoms with Gasteiger partial charge >= 0.3 is 0 Å². The van der Waals surface area contributed by atoms with Crippen molar-refractivity contribution in [2.45, 2.75) is 18.8 Å². The van der Waals surface area contributed by atoms with Gasteiger partial charge in [0, 0.05) is 18.8 Å². The Morgan fingerprint density at radius 1 is 1.24 bits per heavy atom. The Kier molecular flexibility index (Phi) is 3.72. The van der Waals surface area contributed by atoms with Gasteiger partial charge < -0.3 is 9.80 Å². The van der Waals surface area contributed by atoms with E-state index in [4.69, 9.17) is 0 Å². The van der Waals surface area contributed by atoms with Crippen LogP contribution in [-0.4, -0.2) is 35.9 Å². The summed E-state index contributed by atoms with van der Waals surface area (Å²) in [6.45, 7) is 6.62. The number of hydrogen-bond acceptors (Lipinski definition) is 2. The van der Waals surface area contributed by atoms with E-state index in [2.05, 4.69) is 52.9 Å². The zero-order valence-corrected chi connectivity index (χ0v) is 11.8. The molecule has 2 rings (SSSR count). The number of nitrogens with zero attached hydrogens (tertiary/aromatic N) is 2. The molecule has 0 N–H and O–H groups in total. The molecule has 1 atom stereocenters. The summed E-state index contributed by atoms with van der Waals surface area (Å²) >= 11 is 3.65. The maximum absolute atomic E-state index is 10.7. The number of alkyl halides is 1. The topological polar surface area (TPSA) is 23.6 Å². The van der Waals surface area contributed by atoms with Crippen molar-refractivity contribution in [2.75, 3.05) is 24.5 Å². The number of hydrogen-bond donors (Lipinski definition) is 0. The number of carbonyl (C=O) groups is 1. The Balaban J connectivity index is 2.19. The molecule has 0 radical (unpaired) electrons. The van der Waals surface area contributed by atoms with E-state index in [-0.39, 0.29) is 4.95 Å². The minimum atomic E-state index is 0.197. The van der Waals surface area contributed by atoms with E-state index in [0.717, 1.165) is 26.0 Å². The van der Waals surface area contributed by atoms with Crippen molar-refractivity contribution in [3.63, 3.8) is 0 Å². The van der Waals surface area contributed by atoms with Gasteiger partial charge in [0.25, 0.3) is 0 Å². The standard InChI is InChI=1S/C13H17BrN2O/c1-10-5-11(2)7-12(6-10)16-4-3-15(9-17)8-13(16)14/h5-7,9,13H,3-4,8H2,1-2H3. The maximum Gasteiger partial charge on any atom is 0.209 e. The van der Waals surface area contributed by atoms with Crippen LogP contribution in [0.4, 0.5) is 5.69 Å². The van der Waals surface area contributed by atoms with Crippen LogP contribution in [0.2, 0.25) is 0 Å². The maximum atomic E-state index is 10.7. The smallest absolute Gasteiger partial charge is 0.209 e. The lowest BCUT2D eigenvalue weighted by molar-refractivity contribution is -0.118. The van der Waals surface area contributed by atoms with Gasteiger partial charge in [0.1, 0.15) is 4.95 Å². The fourth-order valence-electron chi connectivity index (χ4n) is 2.26. The van der Waals surface area contributed by atoms with E-state index in [9.17, 15) is 4.79 Å². The lowest BCUT2D eigenvalue weighted by Gasteiger charge is -2.38. The Hall–Kier alpha value is -1.03. The molecule has 0 aliphatic carbocycles. The van der Waals surface area contributed by atoms with Crippen molar-refractivity contribution in [1.82, 2.24) is 4.90 Å². The molecule has 1 aromatic carbocycles. The predicted molar refractivity (Wildman–Crippen MR) is 73.6 cm³/mol. The van der Waals surface area contributed by atoms with Crippen molar-refractivity contribution in [3.8, 4) is 0 Å². The zero-order valence-electron chi connectivity index (χ0n) is 10.2. The number of anilines is 1. The van der Waals surface area contributed by atoms with Gasteiger partial charge in [-0.15, -0.1) is 0 Å². The number of rotatable bonds is 2. The van der Waals surface area contributed by atoms with Crippen LogP contribution in [0, 0.1) is 13.8 Å². The highest BCUT2D eigenvalue weighted by atomic mass is 79.9. The van der Waals surface area contributed by atoms with Crippen LogP contribution in [0.3, 0.4) is 0 Å². The van der Waals surface area contributed by atoms with Gasteiger partial charge in [-0.1, -0.05) is 22.0 Å². The first-order valence-electron chi connectivity index (χ1n) is 5.78. The van der Waals surface area contributed by atoms with Crippen LogP contribution in [0.25, 0.3) is 0 Å². The summed E-state index contributed by atoms with van der Waals surface area (Å²) in [5, 5.41) is 0. The molecule has 1 heterocycles. The number of benzene rings is 1. The van der Waals surface area contributed by atoms with Crippen LogP contribution >= 0.6 is 15.9 Å². The molecule has 4 heteroatoms. The minimum Gasteiger partial charge on any atom is -0.355 e. The largest absolute Gasteiger partial charge is 0.355 e. The molecule has 17 heavy (non-hydrogen) atoms. The summed E-state index contributed by atoms with van der Waals surface area (Å²) in [6, 6.07) is 6.56. The molecule has 1 unspecified atom stereocenters. The lowest BCUT2D eigenvalue weighted by Crippen LogP contribution is -2.50. The fourth-order valence-corrected chi connectivity index (χ4v) is 3.08. The van der Waals surface area contributed by atoms with Gasteiger partial charge in [-0.2, -0.15) is 0 Å². The molecule has 0 spiro atoms.